The van der Waals surface area contributed by atoms with E-state index in [4.69, 9.17) is 27.6 Å². The third-order valence-electron chi connectivity index (χ3n) is 1.96. The van der Waals surface area contributed by atoms with Crippen molar-refractivity contribution in [3.8, 4) is 0 Å². The van der Waals surface area contributed by atoms with Crippen LogP contribution in [0.25, 0.3) is 11.0 Å². The average molecular weight is 229 g/mol. The molecule has 0 aliphatic carbocycles. The second-order valence-corrected chi connectivity index (χ2v) is 3.86. The lowest BCUT2D eigenvalue weighted by molar-refractivity contribution is 0.597. The van der Waals surface area contributed by atoms with Gasteiger partial charge >= 0.3 is 0 Å². The molecule has 0 spiro atoms. The number of benzene rings is 1. The maximum Gasteiger partial charge on any atom is 0.195 e. The molecule has 14 heavy (non-hydrogen) atoms. The highest BCUT2D eigenvalue weighted by Gasteiger charge is 2.08. The van der Waals surface area contributed by atoms with Crippen LogP contribution in [0, 0.1) is 6.92 Å². The zero-order chi connectivity index (χ0) is 10.3. The molecule has 4 heteroatoms. The molecule has 2 rings (SSSR count). The Labute approximate surface area is 90.1 Å². The zero-order valence-electron chi connectivity index (χ0n) is 7.30. The molecular formula is C10H6Cl2O2. The van der Waals surface area contributed by atoms with Gasteiger partial charge in [0.25, 0.3) is 0 Å². The molecule has 0 fully saturated rings. The first-order valence-corrected chi connectivity index (χ1v) is 4.72. The van der Waals surface area contributed by atoms with Crippen molar-refractivity contribution in [1.82, 2.24) is 0 Å². The third-order valence-corrected chi connectivity index (χ3v) is 2.46. The summed E-state index contributed by atoms with van der Waals surface area (Å²) in [5.41, 5.74) is 0.818. The van der Waals surface area contributed by atoms with E-state index >= 15 is 0 Å². The number of hydrogen-bond acceptors (Lipinski definition) is 2. The van der Waals surface area contributed by atoms with Crippen LogP contribution in [-0.4, -0.2) is 0 Å². The molecule has 1 heterocycles. The Morgan fingerprint density at radius 2 is 2.00 bits per heavy atom. The minimum atomic E-state index is -0.101. The largest absolute Gasteiger partial charge is 0.462 e. The van der Waals surface area contributed by atoms with Gasteiger partial charge in [-0.3, -0.25) is 4.79 Å². The second-order valence-electron chi connectivity index (χ2n) is 3.01. The Balaban J connectivity index is 3.03. The molecule has 1 aromatic heterocycles. The van der Waals surface area contributed by atoms with Crippen LogP contribution in [0.4, 0.5) is 0 Å². The van der Waals surface area contributed by atoms with E-state index in [0.717, 1.165) is 0 Å². The molecule has 0 radical (unpaired) electrons. The Morgan fingerprint density at radius 3 is 2.71 bits per heavy atom. The number of rotatable bonds is 0. The summed E-state index contributed by atoms with van der Waals surface area (Å²) in [7, 11) is 0. The molecule has 2 aromatic rings. The summed E-state index contributed by atoms with van der Waals surface area (Å²) in [4.78, 5) is 11.7. The summed E-state index contributed by atoms with van der Waals surface area (Å²) >= 11 is 11.7. The van der Waals surface area contributed by atoms with Crippen LogP contribution in [0.2, 0.25) is 10.0 Å². The van der Waals surface area contributed by atoms with Crippen LogP contribution in [0.3, 0.4) is 0 Å². The fourth-order valence-electron chi connectivity index (χ4n) is 1.26. The summed E-state index contributed by atoms with van der Waals surface area (Å²) in [5, 5.41) is 1.20. The van der Waals surface area contributed by atoms with Crippen LogP contribution in [0.5, 0.6) is 0 Å². The molecule has 0 unspecified atom stereocenters. The van der Waals surface area contributed by atoms with Crippen molar-refractivity contribution in [3.05, 3.63) is 44.2 Å². The van der Waals surface area contributed by atoms with E-state index in [1.807, 2.05) is 0 Å². The smallest absolute Gasteiger partial charge is 0.195 e. The monoisotopic (exact) mass is 228 g/mol. The molecule has 0 aliphatic heterocycles. The Hall–Kier alpha value is -0.990. The maximum atomic E-state index is 11.7. The summed E-state index contributed by atoms with van der Waals surface area (Å²) in [6, 6.07) is 3.10. The Kier molecular flexibility index (Phi) is 2.25. The Bertz CT molecular complexity index is 558. The van der Waals surface area contributed by atoms with E-state index in [1.165, 1.54) is 6.26 Å². The topological polar surface area (TPSA) is 30.2 Å². The number of hydrogen-bond donors (Lipinski definition) is 0. The van der Waals surface area contributed by atoms with Gasteiger partial charge in [0, 0.05) is 10.6 Å². The highest BCUT2D eigenvalue weighted by atomic mass is 35.5. The molecule has 0 saturated carbocycles. The first-order valence-electron chi connectivity index (χ1n) is 3.97. The van der Waals surface area contributed by atoms with Gasteiger partial charge in [-0.05, 0) is 19.1 Å². The first kappa shape index (κ1) is 9.56. The van der Waals surface area contributed by atoms with Crippen molar-refractivity contribution in [2.75, 3.05) is 0 Å². The maximum absolute atomic E-state index is 11.7. The molecule has 0 bridgehead atoms. The van der Waals surface area contributed by atoms with Crippen molar-refractivity contribution in [1.29, 1.82) is 0 Å². The molecule has 0 amide bonds. The molecule has 0 N–H and O–H groups in total. The normalized spacial score (nSPS) is 10.8. The van der Waals surface area contributed by atoms with Gasteiger partial charge in [-0.2, -0.15) is 0 Å². The molecule has 2 nitrogen and oxygen atoms in total. The van der Waals surface area contributed by atoms with Crippen LogP contribution in [0.15, 0.2) is 27.6 Å². The molecule has 0 aliphatic rings. The standard InChI is InChI=1S/C10H6Cl2O2/c1-5-4-14-10-7(9(5)13)2-6(11)3-8(10)12/h2-4H,1H3. The van der Waals surface area contributed by atoms with Crippen LogP contribution in [0.1, 0.15) is 5.56 Å². The lowest BCUT2D eigenvalue weighted by atomic mass is 10.2. The summed E-state index contributed by atoms with van der Waals surface area (Å²) in [6.45, 7) is 1.68. The molecule has 0 atom stereocenters. The lowest BCUT2D eigenvalue weighted by Gasteiger charge is -2.00. The van der Waals surface area contributed by atoms with Gasteiger partial charge in [-0.25, -0.2) is 0 Å². The van der Waals surface area contributed by atoms with Crippen molar-refractivity contribution in [3.63, 3.8) is 0 Å². The van der Waals surface area contributed by atoms with Gasteiger partial charge in [-0.1, -0.05) is 23.2 Å². The fraction of sp³-hybridized carbons (Fsp3) is 0.100. The predicted octanol–water partition coefficient (Wildman–Crippen LogP) is 3.41. The van der Waals surface area contributed by atoms with E-state index in [0.29, 0.717) is 26.6 Å². The summed E-state index contributed by atoms with van der Waals surface area (Å²) in [6.07, 6.45) is 1.39. The molecular weight excluding hydrogens is 223 g/mol. The van der Waals surface area contributed by atoms with Gasteiger partial charge in [0.05, 0.1) is 16.7 Å². The summed E-state index contributed by atoms with van der Waals surface area (Å²) in [5.74, 6) is 0. The molecule has 72 valence electrons. The van der Waals surface area contributed by atoms with Crippen molar-refractivity contribution >= 4 is 34.2 Å². The number of halogens is 2. The number of aryl methyl sites for hydroxylation is 1. The van der Waals surface area contributed by atoms with Crippen molar-refractivity contribution in [2.45, 2.75) is 6.92 Å². The van der Waals surface area contributed by atoms with Gasteiger partial charge in [0.2, 0.25) is 0 Å². The summed E-state index contributed by atoms with van der Waals surface area (Å²) < 4.78 is 5.22. The quantitative estimate of drug-likeness (QED) is 0.692. The highest BCUT2D eigenvalue weighted by Crippen LogP contribution is 2.25. The van der Waals surface area contributed by atoms with E-state index in [2.05, 4.69) is 0 Å². The fourth-order valence-corrected chi connectivity index (χ4v) is 1.80. The lowest BCUT2D eigenvalue weighted by Crippen LogP contribution is -2.04. The van der Waals surface area contributed by atoms with Gasteiger partial charge in [-0.15, -0.1) is 0 Å². The minimum Gasteiger partial charge on any atom is -0.462 e. The van der Waals surface area contributed by atoms with E-state index in [-0.39, 0.29) is 5.43 Å². The van der Waals surface area contributed by atoms with Crippen LogP contribution in [-0.2, 0) is 0 Å². The second kappa shape index (κ2) is 3.30. The first-order chi connectivity index (χ1) is 6.59. The third kappa shape index (κ3) is 1.41. The number of fused-ring (bicyclic) bond motifs is 1. The Morgan fingerprint density at radius 1 is 1.29 bits per heavy atom. The van der Waals surface area contributed by atoms with Crippen molar-refractivity contribution in [2.24, 2.45) is 0 Å². The average Bonchev–Trinajstić information content (AvgIpc) is 2.12. The van der Waals surface area contributed by atoms with Gasteiger partial charge in [0.1, 0.15) is 0 Å². The van der Waals surface area contributed by atoms with Crippen LogP contribution >= 0.6 is 23.2 Å². The highest BCUT2D eigenvalue weighted by molar-refractivity contribution is 6.38. The van der Waals surface area contributed by atoms with Crippen LogP contribution < -0.4 is 5.43 Å². The van der Waals surface area contributed by atoms with Crippen molar-refractivity contribution < 1.29 is 4.42 Å². The van der Waals surface area contributed by atoms with Gasteiger partial charge < -0.3 is 4.42 Å². The van der Waals surface area contributed by atoms with E-state index < -0.39 is 0 Å². The minimum absolute atomic E-state index is 0.101. The van der Waals surface area contributed by atoms with E-state index in [1.54, 1.807) is 19.1 Å². The van der Waals surface area contributed by atoms with Gasteiger partial charge in [0.15, 0.2) is 11.0 Å². The SMILES string of the molecule is Cc1coc2c(Cl)cc(Cl)cc2c1=O. The van der Waals surface area contributed by atoms with E-state index in [9.17, 15) is 4.79 Å². The predicted molar refractivity (Wildman–Crippen MR) is 57.2 cm³/mol. The molecule has 1 aromatic carbocycles. The zero-order valence-corrected chi connectivity index (χ0v) is 8.82. The molecule has 0 saturated heterocycles.